The van der Waals surface area contributed by atoms with Crippen LogP contribution in [0.4, 0.5) is 8.78 Å². The highest BCUT2D eigenvalue weighted by atomic mass is 35.5. The van der Waals surface area contributed by atoms with Crippen LogP contribution in [0.5, 0.6) is 11.6 Å². The van der Waals surface area contributed by atoms with Gasteiger partial charge in [-0.1, -0.05) is 18.5 Å². The first-order valence-corrected chi connectivity index (χ1v) is 5.61. The van der Waals surface area contributed by atoms with Crippen molar-refractivity contribution < 1.29 is 13.5 Å². The van der Waals surface area contributed by atoms with Gasteiger partial charge >= 0.3 is 0 Å². The normalized spacial score (nSPS) is 10.4. The van der Waals surface area contributed by atoms with Crippen molar-refractivity contribution in [1.29, 1.82) is 0 Å². The van der Waals surface area contributed by atoms with Crippen molar-refractivity contribution in [3.63, 3.8) is 0 Å². The summed E-state index contributed by atoms with van der Waals surface area (Å²) in [6.45, 7) is 1.85. The first kappa shape index (κ1) is 12.7. The van der Waals surface area contributed by atoms with Crippen LogP contribution >= 0.6 is 11.6 Å². The van der Waals surface area contributed by atoms with Gasteiger partial charge in [-0.2, -0.15) is 0 Å². The van der Waals surface area contributed by atoms with Crippen LogP contribution in [-0.4, -0.2) is 9.97 Å². The minimum absolute atomic E-state index is 0.0250. The number of ether oxygens (including phenoxy) is 1. The number of hydrogen-bond acceptors (Lipinski definition) is 3. The molecular formula is C12H9ClF2N2O. The Hall–Kier alpha value is -1.75. The molecule has 18 heavy (non-hydrogen) atoms. The van der Waals surface area contributed by atoms with E-state index in [4.69, 9.17) is 16.3 Å². The molecule has 0 atom stereocenters. The molecule has 1 aromatic heterocycles. The molecule has 6 heteroatoms. The molecule has 0 spiro atoms. The van der Waals surface area contributed by atoms with Crippen molar-refractivity contribution in [1.82, 2.24) is 9.97 Å². The van der Waals surface area contributed by atoms with Gasteiger partial charge in [-0.3, -0.25) is 0 Å². The summed E-state index contributed by atoms with van der Waals surface area (Å²) in [5, 5.41) is 0.263. The third-order valence-corrected chi connectivity index (χ3v) is 2.58. The lowest BCUT2D eigenvalue weighted by Crippen LogP contribution is -1.97. The zero-order valence-electron chi connectivity index (χ0n) is 9.45. The summed E-state index contributed by atoms with van der Waals surface area (Å²) in [6, 6.07) is 2.90. The summed E-state index contributed by atoms with van der Waals surface area (Å²) in [7, 11) is 0. The summed E-state index contributed by atoms with van der Waals surface area (Å²) in [4.78, 5) is 7.72. The fourth-order valence-electron chi connectivity index (χ4n) is 1.46. The minimum atomic E-state index is -0.719. The highest BCUT2D eigenvalue weighted by molar-refractivity contribution is 6.30. The molecule has 1 aromatic carbocycles. The predicted octanol–water partition coefficient (Wildman–Crippen LogP) is 3.76. The maximum atomic E-state index is 13.0. The highest BCUT2D eigenvalue weighted by Gasteiger charge is 2.11. The van der Waals surface area contributed by atoms with Crippen LogP contribution < -0.4 is 4.74 Å². The smallest absolute Gasteiger partial charge is 0.226 e. The largest absolute Gasteiger partial charge is 0.438 e. The molecule has 0 saturated heterocycles. The summed E-state index contributed by atoms with van der Waals surface area (Å²) >= 11 is 5.88. The first-order valence-electron chi connectivity index (χ1n) is 5.23. The zero-order valence-corrected chi connectivity index (χ0v) is 10.2. The molecule has 2 rings (SSSR count). The minimum Gasteiger partial charge on any atom is -0.438 e. The van der Waals surface area contributed by atoms with Gasteiger partial charge in [0.25, 0.3) is 0 Å². The van der Waals surface area contributed by atoms with Gasteiger partial charge in [0.15, 0.2) is 0 Å². The second-order valence-corrected chi connectivity index (χ2v) is 3.87. The molecule has 0 radical (unpaired) electrons. The summed E-state index contributed by atoms with van der Waals surface area (Å²) in [5.41, 5.74) is 0.587. The Balaban J connectivity index is 2.36. The van der Waals surface area contributed by atoms with Crippen LogP contribution in [0.25, 0.3) is 0 Å². The number of halogens is 3. The van der Waals surface area contributed by atoms with Gasteiger partial charge < -0.3 is 4.74 Å². The molecule has 94 valence electrons. The van der Waals surface area contributed by atoms with Gasteiger partial charge in [0.05, 0.1) is 5.56 Å². The third kappa shape index (κ3) is 2.73. The van der Waals surface area contributed by atoms with Crippen molar-refractivity contribution in [3.05, 3.63) is 46.9 Å². The Morgan fingerprint density at radius 3 is 2.44 bits per heavy atom. The lowest BCUT2D eigenvalue weighted by Gasteiger charge is -2.09. The summed E-state index contributed by atoms with van der Waals surface area (Å²) in [5.74, 6) is -1.22. The van der Waals surface area contributed by atoms with E-state index in [1.54, 1.807) is 0 Å². The Kier molecular flexibility index (Phi) is 3.72. The van der Waals surface area contributed by atoms with Gasteiger partial charge in [0, 0.05) is 18.2 Å². The van der Waals surface area contributed by atoms with Crippen LogP contribution in [0.15, 0.2) is 24.5 Å². The quantitative estimate of drug-likeness (QED) is 0.797. The molecule has 2 aromatic rings. The van der Waals surface area contributed by atoms with Crippen molar-refractivity contribution in [2.24, 2.45) is 0 Å². The van der Waals surface area contributed by atoms with Gasteiger partial charge in [0.1, 0.15) is 28.9 Å². The van der Waals surface area contributed by atoms with E-state index in [0.717, 1.165) is 18.2 Å². The van der Waals surface area contributed by atoms with E-state index in [9.17, 15) is 8.78 Å². The predicted molar refractivity (Wildman–Crippen MR) is 62.9 cm³/mol. The Morgan fingerprint density at radius 2 is 1.83 bits per heavy atom. The van der Waals surface area contributed by atoms with Crippen LogP contribution in [0.3, 0.4) is 0 Å². The molecule has 0 aliphatic carbocycles. The van der Waals surface area contributed by atoms with Gasteiger partial charge in [-0.25, -0.2) is 18.7 Å². The maximum absolute atomic E-state index is 13.0. The number of hydrogen-bond donors (Lipinski definition) is 0. The number of nitrogens with zero attached hydrogens (tertiary/aromatic N) is 2. The van der Waals surface area contributed by atoms with E-state index in [0.29, 0.717) is 12.0 Å². The molecule has 0 fully saturated rings. The van der Waals surface area contributed by atoms with Crippen molar-refractivity contribution >= 4 is 11.6 Å². The van der Waals surface area contributed by atoms with E-state index < -0.39 is 11.6 Å². The number of aromatic nitrogens is 2. The SMILES string of the molecule is CCc1c(Cl)ncnc1Oc1cc(F)cc(F)c1. The highest BCUT2D eigenvalue weighted by Crippen LogP contribution is 2.27. The molecule has 0 amide bonds. The van der Waals surface area contributed by atoms with Crippen LogP contribution in [-0.2, 0) is 6.42 Å². The van der Waals surface area contributed by atoms with E-state index in [1.807, 2.05) is 6.92 Å². The molecule has 0 unspecified atom stereocenters. The molecule has 1 heterocycles. The van der Waals surface area contributed by atoms with Gasteiger partial charge in [0.2, 0.25) is 5.88 Å². The fraction of sp³-hybridized carbons (Fsp3) is 0.167. The fourth-order valence-corrected chi connectivity index (χ4v) is 1.72. The van der Waals surface area contributed by atoms with Crippen molar-refractivity contribution in [2.45, 2.75) is 13.3 Å². The number of rotatable bonds is 3. The van der Waals surface area contributed by atoms with Crippen molar-refractivity contribution in [3.8, 4) is 11.6 Å². The van der Waals surface area contributed by atoms with E-state index >= 15 is 0 Å². The van der Waals surface area contributed by atoms with Crippen LogP contribution in [0, 0.1) is 11.6 Å². The lowest BCUT2D eigenvalue weighted by molar-refractivity contribution is 0.444. The maximum Gasteiger partial charge on any atom is 0.226 e. The number of benzene rings is 1. The third-order valence-electron chi connectivity index (χ3n) is 2.26. The first-order chi connectivity index (χ1) is 8.60. The Morgan fingerprint density at radius 1 is 1.17 bits per heavy atom. The van der Waals surface area contributed by atoms with E-state index in [1.165, 1.54) is 6.33 Å². The molecule has 0 bridgehead atoms. The summed E-state index contributed by atoms with van der Waals surface area (Å²) < 4.78 is 31.4. The van der Waals surface area contributed by atoms with Crippen LogP contribution in [0.1, 0.15) is 12.5 Å². The topological polar surface area (TPSA) is 35.0 Å². The lowest BCUT2D eigenvalue weighted by atomic mass is 10.2. The average molecular weight is 271 g/mol. The van der Waals surface area contributed by atoms with E-state index in [2.05, 4.69) is 9.97 Å². The zero-order chi connectivity index (χ0) is 13.1. The van der Waals surface area contributed by atoms with Crippen LogP contribution in [0.2, 0.25) is 5.15 Å². The van der Waals surface area contributed by atoms with Crippen molar-refractivity contribution in [2.75, 3.05) is 0 Å². The molecule has 0 aliphatic rings. The van der Waals surface area contributed by atoms with Gasteiger partial charge in [-0.05, 0) is 6.42 Å². The Bertz CT molecular complexity index is 558. The summed E-state index contributed by atoms with van der Waals surface area (Å²) in [6.07, 6.45) is 1.78. The monoisotopic (exact) mass is 270 g/mol. The van der Waals surface area contributed by atoms with Gasteiger partial charge in [-0.15, -0.1) is 0 Å². The molecule has 3 nitrogen and oxygen atoms in total. The Labute approximate surface area is 107 Å². The van der Waals surface area contributed by atoms with E-state index in [-0.39, 0.29) is 16.8 Å². The standard InChI is InChI=1S/C12H9ClF2N2O/c1-2-10-11(13)16-6-17-12(10)18-9-4-7(14)3-8(15)5-9/h3-6H,2H2,1H3. The second kappa shape index (κ2) is 5.27. The molecule has 0 saturated carbocycles. The molecule has 0 N–H and O–H groups in total. The second-order valence-electron chi connectivity index (χ2n) is 3.51. The molecular weight excluding hydrogens is 262 g/mol. The average Bonchev–Trinajstić information content (AvgIpc) is 2.27. The molecule has 0 aliphatic heterocycles.